The van der Waals surface area contributed by atoms with Gasteiger partial charge in [0.2, 0.25) is 0 Å². The maximum Gasteiger partial charge on any atom is 0.0624 e. The van der Waals surface area contributed by atoms with Gasteiger partial charge < -0.3 is 10.1 Å². The first kappa shape index (κ1) is 7.32. The third-order valence-electron chi connectivity index (χ3n) is 1.98. The molecule has 0 aromatic carbocycles. The van der Waals surface area contributed by atoms with Crippen molar-refractivity contribution >= 4 is 12.4 Å². The Hall–Kier alpha value is 0.210. The van der Waals surface area contributed by atoms with Crippen LogP contribution in [0.2, 0.25) is 0 Å². The van der Waals surface area contributed by atoms with Gasteiger partial charge in [0.15, 0.2) is 0 Å². The summed E-state index contributed by atoms with van der Waals surface area (Å²) in [5.74, 6) is 0. The summed E-state index contributed by atoms with van der Waals surface area (Å²) in [6.45, 7) is 2.11. The van der Waals surface area contributed by atoms with Gasteiger partial charge in [0, 0.05) is 6.04 Å². The molecule has 0 aromatic heterocycles. The highest BCUT2D eigenvalue weighted by Crippen LogP contribution is 2.19. The maximum absolute atomic E-state index is 5.41. The van der Waals surface area contributed by atoms with E-state index < -0.39 is 0 Å². The Labute approximate surface area is 61.4 Å². The molecule has 2 aliphatic heterocycles. The highest BCUT2D eigenvalue weighted by Gasteiger charge is 2.28. The van der Waals surface area contributed by atoms with E-state index in [2.05, 4.69) is 5.32 Å². The second kappa shape index (κ2) is 2.86. The molecule has 2 fully saturated rings. The van der Waals surface area contributed by atoms with Crippen LogP contribution in [-0.4, -0.2) is 25.3 Å². The second-order valence-corrected chi connectivity index (χ2v) is 2.63. The van der Waals surface area contributed by atoms with E-state index in [0.717, 1.165) is 13.2 Å². The highest BCUT2D eigenvalue weighted by atomic mass is 35.5. The first-order valence-electron chi connectivity index (χ1n) is 3.30. The molecular formula is C6H12ClNO. The van der Waals surface area contributed by atoms with Crippen molar-refractivity contribution in [3.63, 3.8) is 0 Å². The number of rotatable bonds is 0. The molecule has 0 spiro atoms. The van der Waals surface area contributed by atoms with E-state index in [4.69, 9.17) is 4.74 Å². The molecule has 2 rings (SSSR count). The summed E-state index contributed by atoms with van der Waals surface area (Å²) in [5, 5.41) is 3.39. The Morgan fingerprint density at radius 2 is 2.33 bits per heavy atom. The van der Waals surface area contributed by atoms with E-state index in [0.29, 0.717) is 12.1 Å². The summed E-state index contributed by atoms with van der Waals surface area (Å²) in [7, 11) is 0. The minimum absolute atomic E-state index is 0. The topological polar surface area (TPSA) is 21.3 Å². The lowest BCUT2D eigenvalue weighted by Gasteiger charge is -2.16. The van der Waals surface area contributed by atoms with Gasteiger partial charge in [-0.05, 0) is 19.4 Å². The van der Waals surface area contributed by atoms with Crippen molar-refractivity contribution < 1.29 is 4.74 Å². The average Bonchev–Trinajstić information content (AvgIpc) is 2.12. The SMILES string of the molecule is C1C[C@@H]2C[C@@H](CO2)N1.Cl. The molecule has 2 heterocycles. The van der Waals surface area contributed by atoms with Crippen LogP contribution in [0, 0.1) is 0 Å². The van der Waals surface area contributed by atoms with E-state index in [-0.39, 0.29) is 12.4 Å². The minimum atomic E-state index is 0. The Bertz CT molecular complexity index is 85.1. The van der Waals surface area contributed by atoms with Crippen LogP contribution >= 0.6 is 12.4 Å². The van der Waals surface area contributed by atoms with Gasteiger partial charge in [-0.15, -0.1) is 12.4 Å². The predicted octanol–water partition coefficient (Wildman–Crippen LogP) is 0.559. The molecule has 2 atom stereocenters. The van der Waals surface area contributed by atoms with E-state index in [9.17, 15) is 0 Å². The van der Waals surface area contributed by atoms with Crippen molar-refractivity contribution in [3.05, 3.63) is 0 Å². The zero-order valence-corrected chi connectivity index (χ0v) is 6.12. The smallest absolute Gasteiger partial charge is 0.0624 e. The van der Waals surface area contributed by atoms with Gasteiger partial charge in [-0.2, -0.15) is 0 Å². The largest absolute Gasteiger partial charge is 0.376 e. The molecule has 2 nitrogen and oxygen atoms in total. The first-order chi connectivity index (χ1) is 3.95. The number of nitrogens with one attached hydrogen (secondary N) is 1. The fraction of sp³-hybridized carbons (Fsp3) is 1.00. The van der Waals surface area contributed by atoms with Gasteiger partial charge in [0.25, 0.3) is 0 Å². The number of ether oxygens (including phenoxy) is 1. The summed E-state index contributed by atoms with van der Waals surface area (Å²) in [6.07, 6.45) is 3.07. The molecule has 2 aliphatic rings. The molecule has 54 valence electrons. The average molecular weight is 150 g/mol. The first-order valence-corrected chi connectivity index (χ1v) is 3.30. The highest BCUT2D eigenvalue weighted by molar-refractivity contribution is 5.85. The van der Waals surface area contributed by atoms with Gasteiger partial charge in [-0.3, -0.25) is 0 Å². The van der Waals surface area contributed by atoms with Crippen LogP contribution in [0.5, 0.6) is 0 Å². The molecule has 0 radical (unpaired) electrons. The molecule has 0 aliphatic carbocycles. The Kier molecular flexibility index (Phi) is 2.33. The number of hydrogen-bond donors (Lipinski definition) is 1. The summed E-state index contributed by atoms with van der Waals surface area (Å²) < 4.78 is 5.41. The van der Waals surface area contributed by atoms with E-state index in [1.165, 1.54) is 12.8 Å². The number of fused-ring (bicyclic) bond motifs is 2. The van der Waals surface area contributed by atoms with Gasteiger partial charge >= 0.3 is 0 Å². The monoisotopic (exact) mass is 149 g/mol. The molecule has 3 heteroatoms. The lowest BCUT2D eigenvalue weighted by molar-refractivity contribution is 0.110. The van der Waals surface area contributed by atoms with Gasteiger partial charge in [-0.1, -0.05) is 0 Å². The second-order valence-electron chi connectivity index (χ2n) is 2.63. The molecule has 0 aromatic rings. The van der Waals surface area contributed by atoms with E-state index >= 15 is 0 Å². The van der Waals surface area contributed by atoms with Crippen LogP contribution < -0.4 is 5.32 Å². The van der Waals surface area contributed by atoms with E-state index in [1.807, 2.05) is 0 Å². The third-order valence-corrected chi connectivity index (χ3v) is 1.98. The van der Waals surface area contributed by atoms with Crippen LogP contribution in [0.4, 0.5) is 0 Å². The zero-order chi connectivity index (χ0) is 5.40. The standard InChI is InChI=1S/C6H11NO.ClH/c1-2-7-5-3-6(1)8-4-5;/h5-7H,1-4H2;1H/t5-,6+;/m0./s1. The fourth-order valence-electron chi connectivity index (χ4n) is 1.50. The Balaban J connectivity index is 0.000000405. The van der Waals surface area contributed by atoms with Crippen molar-refractivity contribution in [2.45, 2.75) is 25.0 Å². The van der Waals surface area contributed by atoms with Crippen molar-refractivity contribution in [3.8, 4) is 0 Å². The minimum Gasteiger partial charge on any atom is -0.376 e. The van der Waals surface area contributed by atoms with Crippen LogP contribution in [0.1, 0.15) is 12.8 Å². The fourth-order valence-corrected chi connectivity index (χ4v) is 1.50. The number of hydrogen-bond acceptors (Lipinski definition) is 2. The predicted molar refractivity (Wildman–Crippen MR) is 38.0 cm³/mol. The van der Waals surface area contributed by atoms with E-state index in [1.54, 1.807) is 0 Å². The zero-order valence-electron chi connectivity index (χ0n) is 5.30. The Morgan fingerprint density at radius 3 is 3.00 bits per heavy atom. The molecule has 1 N–H and O–H groups in total. The maximum atomic E-state index is 5.41. The molecular weight excluding hydrogens is 138 g/mol. The normalized spacial score (nSPS) is 40.0. The molecule has 0 amide bonds. The molecule has 9 heavy (non-hydrogen) atoms. The van der Waals surface area contributed by atoms with Crippen molar-refractivity contribution in [2.24, 2.45) is 0 Å². The van der Waals surface area contributed by atoms with Crippen molar-refractivity contribution in [1.82, 2.24) is 5.32 Å². The number of piperidine rings is 1. The van der Waals surface area contributed by atoms with Gasteiger partial charge in [-0.25, -0.2) is 0 Å². The van der Waals surface area contributed by atoms with Gasteiger partial charge in [0.1, 0.15) is 0 Å². The lowest BCUT2D eigenvalue weighted by atomic mass is 10.1. The van der Waals surface area contributed by atoms with Crippen LogP contribution in [0.3, 0.4) is 0 Å². The summed E-state index contributed by atoms with van der Waals surface area (Å²) >= 11 is 0. The summed E-state index contributed by atoms with van der Waals surface area (Å²) in [4.78, 5) is 0. The van der Waals surface area contributed by atoms with Crippen molar-refractivity contribution in [2.75, 3.05) is 13.2 Å². The summed E-state index contributed by atoms with van der Waals surface area (Å²) in [5.41, 5.74) is 0. The molecule has 2 bridgehead atoms. The molecule has 0 unspecified atom stereocenters. The van der Waals surface area contributed by atoms with Gasteiger partial charge in [0.05, 0.1) is 12.7 Å². The van der Waals surface area contributed by atoms with Crippen molar-refractivity contribution in [1.29, 1.82) is 0 Å². The molecule has 2 saturated heterocycles. The number of halogens is 1. The van der Waals surface area contributed by atoms with Crippen LogP contribution in [0.15, 0.2) is 0 Å². The molecule has 0 saturated carbocycles. The van der Waals surface area contributed by atoms with Crippen LogP contribution in [0.25, 0.3) is 0 Å². The Morgan fingerprint density at radius 1 is 1.44 bits per heavy atom. The summed E-state index contributed by atoms with van der Waals surface area (Å²) in [6, 6.07) is 0.689. The lowest BCUT2D eigenvalue weighted by Crippen LogP contribution is -2.34. The quantitative estimate of drug-likeness (QED) is 0.544. The third kappa shape index (κ3) is 1.37. The van der Waals surface area contributed by atoms with Crippen LogP contribution in [-0.2, 0) is 4.74 Å².